The fourth-order valence-electron chi connectivity index (χ4n) is 2.57. The Hall–Kier alpha value is -1.89. The molecule has 1 fully saturated rings. The van der Waals surface area contributed by atoms with Crippen LogP contribution in [0.4, 0.5) is 0 Å². The van der Waals surface area contributed by atoms with Gasteiger partial charge in [0.1, 0.15) is 6.54 Å². The van der Waals surface area contributed by atoms with E-state index in [-0.39, 0.29) is 12.5 Å². The molecule has 1 aliphatic heterocycles. The van der Waals surface area contributed by atoms with Crippen LogP contribution in [-0.4, -0.2) is 46.7 Å². The van der Waals surface area contributed by atoms with Crippen LogP contribution in [-0.2, 0) is 16.1 Å². The number of nitrogens with zero attached hydrogens (tertiary/aromatic N) is 2. The van der Waals surface area contributed by atoms with Crippen LogP contribution in [0.3, 0.4) is 0 Å². The Balaban J connectivity index is 1.92. The lowest BCUT2D eigenvalue weighted by molar-refractivity contribution is -0.131. The number of aromatic amines is 1. The third-order valence-electron chi connectivity index (χ3n) is 3.84. The Kier molecular flexibility index (Phi) is 5.54. The molecule has 122 valence electrons. The zero-order chi connectivity index (χ0) is 16.1. The van der Waals surface area contributed by atoms with E-state index in [0.29, 0.717) is 31.2 Å². The number of ether oxygens (including phenoxy) is 1. The molecule has 0 bridgehead atoms. The van der Waals surface area contributed by atoms with Gasteiger partial charge < -0.3 is 9.64 Å². The Morgan fingerprint density at radius 3 is 2.95 bits per heavy atom. The van der Waals surface area contributed by atoms with Crippen LogP contribution in [0.2, 0.25) is 0 Å². The number of hydrogen-bond acceptors (Lipinski definition) is 4. The number of H-pyrrole nitrogens is 1. The molecular weight excluding hydrogens is 286 g/mol. The fraction of sp³-hybridized carbons (Fsp3) is 0.667. The van der Waals surface area contributed by atoms with Crippen LogP contribution >= 0.6 is 0 Å². The lowest BCUT2D eigenvalue weighted by atomic mass is 10.1. The van der Waals surface area contributed by atoms with Gasteiger partial charge in [-0.1, -0.05) is 6.92 Å². The molecule has 0 saturated carbocycles. The van der Waals surface area contributed by atoms with Crippen LogP contribution in [0.5, 0.6) is 0 Å². The summed E-state index contributed by atoms with van der Waals surface area (Å²) in [6.07, 6.45) is 3.34. The maximum Gasteiger partial charge on any atom is 0.328 e. The number of nitrogens with one attached hydrogen (secondary N) is 1. The number of rotatable bonds is 6. The van der Waals surface area contributed by atoms with Crippen molar-refractivity contribution in [2.75, 3.05) is 26.3 Å². The molecule has 1 N–H and O–H groups in total. The summed E-state index contributed by atoms with van der Waals surface area (Å²) < 4.78 is 6.78. The van der Waals surface area contributed by atoms with E-state index >= 15 is 0 Å². The standard InChI is InChI=1S/C15H23N3O4/c1-3-6-22-10-12-4-5-17(8-12)13(19)9-18-7-11(2)14(20)16-15(18)21/h7,12H,3-6,8-10H2,1-2H3,(H,16,20,21)/t12-/m1/s1. The zero-order valence-corrected chi connectivity index (χ0v) is 13.1. The molecule has 2 heterocycles. The normalized spacial score (nSPS) is 17.9. The van der Waals surface area contributed by atoms with Crippen molar-refractivity contribution in [2.24, 2.45) is 5.92 Å². The van der Waals surface area contributed by atoms with Crippen molar-refractivity contribution in [3.8, 4) is 0 Å². The first-order valence-corrected chi connectivity index (χ1v) is 7.67. The van der Waals surface area contributed by atoms with Crippen molar-refractivity contribution in [3.05, 3.63) is 32.6 Å². The van der Waals surface area contributed by atoms with E-state index in [1.54, 1.807) is 11.8 Å². The van der Waals surface area contributed by atoms with Crippen LogP contribution < -0.4 is 11.2 Å². The second-order valence-corrected chi connectivity index (χ2v) is 5.77. The highest BCUT2D eigenvalue weighted by atomic mass is 16.5. The second-order valence-electron chi connectivity index (χ2n) is 5.77. The van der Waals surface area contributed by atoms with Crippen LogP contribution in [0.25, 0.3) is 0 Å². The van der Waals surface area contributed by atoms with Gasteiger partial charge in [-0.3, -0.25) is 19.1 Å². The predicted octanol–water partition coefficient (Wildman–Crippen LogP) is 0.120. The van der Waals surface area contributed by atoms with E-state index in [9.17, 15) is 14.4 Å². The number of likely N-dealkylation sites (tertiary alicyclic amines) is 1. The number of hydrogen-bond donors (Lipinski definition) is 1. The summed E-state index contributed by atoms with van der Waals surface area (Å²) in [5.41, 5.74) is -0.548. The molecule has 0 radical (unpaired) electrons. The van der Waals surface area contributed by atoms with Crippen LogP contribution in [0.1, 0.15) is 25.3 Å². The summed E-state index contributed by atoms with van der Waals surface area (Å²) in [7, 11) is 0. The van der Waals surface area contributed by atoms with E-state index in [0.717, 1.165) is 19.4 Å². The minimum atomic E-state index is -0.550. The molecule has 22 heavy (non-hydrogen) atoms. The van der Waals surface area contributed by atoms with Gasteiger partial charge in [0.25, 0.3) is 5.56 Å². The Labute approximate surface area is 128 Å². The largest absolute Gasteiger partial charge is 0.381 e. The molecule has 1 saturated heterocycles. The molecule has 1 atom stereocenters. The Bertz CT molecular complexity index is 634. The fourth-order valence-corrected chi connectivity index (χ4v) is 2.57. The SMILES string of the molecule is CCCOC[C@@H]1CCN(C(=O)Cn2cc(C)c(=O)[nH]c2=O)C1. The van der Waals surface area contributed by atoms with Crippen molar-refractivity contribution in [1.29, 1.82) is 0 Å². The minimum absolute atomic E-state index is 0.0427. The van der Waals surface area contributed by atoms with Gasteiger partial charge in [-0.15, -0.1) is 0 Å². The first-order valence-electron chi connectivity index (χ1n) is 7.67. The molecule has 1 aliphatic rings. The molecule has 0 aliphatic carbocycles. The topological polar surface area (TPSA) is 84.4 Å². The average Bonchev–Trinajstić information content (AvgIpc) is 2.94. The molecular formula is C15H23N3O4. The minimum Gasteiger partial charge on any atom is -0.381 e. The molecule has 2 rings (SSSR count). The van der Waals surface area contributed by atoms with Crippen molar-refractivity contribution in [3.63, 3.8) is 0 Å². The van der Waals surface area contributed by atoms with Gasteiger partial charge in [0.15, 0.2) is 0 Å². The highest BCUT2D eigenvalue weighted by Crippen LogP contribution is 2.17. The number of aromatic nitrogens is 2. The smallest absolute Gasteiger partial charge is 0.328 e. The van der Waals surface area contributed by atoms with Crippen LogP contribution in [0, 0.1) is 12.8 Å². The Morgan fingerprint density at radius 2 is 2.23 bits per heavy atom. The summed E-state index contributed by atoms with van der Waals surface area (Å²) in [5, 5.41) is 0. The van der Waals surface area contributed by atoms with E-state index < -0.39 is 11.2 Å². The molecule has 0 aromatic carbocycles. The van der Waals surface area contributed by atoms with Gasteiger partial charge in [-0.2, -0.15) is 0 Å². The van der Waals surface area contributed by atoms with Crippen molar-refractivity contribution < 1.29 is 9.53 Å². The van der Waals surface area contributed by atoms with Crippen molar-refractivity contribution in [2.45, 2.75) is 33.2 Å². The van der Waals surface area contributed by atoms with Gasteiger partial charge in [-0.25, -0.2) is 4.79 Å². The van der Waals surface area contributed by atoms with Gasteiger partial charge in [0.05, 0.1) is 6.61 Å². The van der Waals surface area contributed by atoms with Crippen molar-refractivity contribution >= 4 is 5.91 Å². The first-order chi connectivity index (χ1) is 10.5. The van der Waals surface area contributed by atoms with Gasteiger partial charge >= 0.3 is 5.69 Å². The van der Waals surface area contributed by atoms with Crippen molar-refractivity contribution in [1.82, 2.24) is 14.5 Å². The number of aryl methyl sites for hydroxylation is 1. The Morgan fingerprint density at radius 1 is 1.45 bits per heavy atom. The van der Waals surface area contributed by atoms with E-state index in [4.69, 9.17) is 4.74 Å². The maximum absolute atomic E-state index is 12.3. The highest BCUT2D eigenvalue weighted by Gasteiger charge is 2.26. The molecule has 7 heteroatoms. The summed E-state index contributed by atoms with van der Waals surface area (Å²) >= 11 is 0. The average molecular weight is 309 g/mol. The lowest BCUT2D eigenvalue weighted by Gasteiger charge is -2.17. The third kappa shape index (κ3) is 4.07. The monoisotopic (exact) mass is 309 g/mol. The molecule has 1 aromatic rings. The van der Waals surface area contributed by atoms with Gasteiger partial charge in [0, 0.05) is 37.4 Å². The third-order valence-corrected chi connectivity index (χ3v) is 3.84. The van der Waals surface area contributed by atoms with Crippen LogP contribution in [0.15, 0.2) is 15.8 Å². The van der Waals surface area contributed by atoms with Gasteiger partial charge in [-0.05, 0) is 19.8 Å². The number of carbonyl (C=O) groups excluding carboxylic acids is 1. The van der Waals surface area contributed by atoms with Gasteiger partial charge in [0.2, 0.25) is 5.91 Å². The number of carbonyl (C=O) groups is 1. The summed E-state index contributed by atoms with van der Waals surface area (Å²) in [5.74, 6) is 0.260. The molecule has 0 unspecified atom stereocenters. The molecule has 7 nitrogen and oxygen atoms in total. The number of amides is 1. The van der Waals surface area contributed by atoms with E-state index in [2.05, 4.69) is 11.9 Å². The van der Waals surface area contributed by atoms with E-state index in [1.807, 2.05) is 0 Å². The summed E-state index contributed by atoms with van der Waals surface area (Å²) in [4.78, 5) is 39.3. The molecule has 1 aromatic heterocycles. The highest BCUT2D eigenvalue weighted by molar-refractivity contribution is 5.76. The molecule has 0 spiro atoms. The lowest BCUT2D eigenvalue weighted by Crippen LogP contribution is -2.38. The maximum atomic E-state index is 12.3. The predicted molar refractivity (Wildman–Crippen MR) is 81.9 cm³/mol. The summed E-state index contributed by atoms with van der Waals surface area (Å²) in [6.45, 7) is 6.41. The first kappa shape index (κ1) is 16.5. The quantitative estimate of drug-likeness (QED) is 0.757. The zero-order valence-electron chi connectivity index (χ0n) is 13.1. The molecule has 1 amide bonds. The second kappa shape index (κ2) is 7.40. The van der Waals surface area contributed by atoms with E-state index in [1.165, 1.54) is 10.8 Å². The summed E-state index contributed by atoms with van der Waals surface area (Å²) in [6, 6.07) is 0.